The smallest absolute Gasteiger partial charge is 0.103 e. The lowest BCUT2D eigenvalue weighted by atomic mass is 10.0. The largest absolute Gasteiger partial charge is 0.386 e. The summed E-state index contributed by atoms with van der Waals surface area (Å²) in [4.78, 5) is 0. The van der Waals surface area contributed by atoms with E-state index in [2.05, 4.69) is 6.92 Å². The molecule has 0 bridgehead atoms. The molecule has 0 saturated heterocycles. The van der Waals surface area contributed by atoms with Gasteiger partial charge in [-0.15, -0.1) is 0 Å². The monoisotopic (exact) mass is 236 g/mol. The quantitative estimate of drug-likeness (QED) is 0.698. The summed E-state index contributed by atoms with van der Waals surface area (Å²) < 4.78 is 5.50. The normalized spacial score (nSPS) is 12.6. The molecule has 0 radical (unpaired) electrons. The topological polar surface area (TPSA) is 29.5 Å². The second-order valence-electron chi connectivity index (χ2n) is 4.51. The summed E-state index contributed by atoms with van der Waals surface area (Å²) in [6.07, 6.45) is 4.32. The molecular formula is C15H24O2. The highest BCUT2D eigenvalue weighted by Gasteiger charge is 2.09. The highest BCUT2D eigenvalue weighted by atomic mass is 16.5. The van der Waals surface area contributed by atoms with E-state index in [-0.39, 0.29) is 0 Å². The maximum atomic E-state index is 9.98. The van der Waals surface area contributed by atoms with Gasteiger partial charge in [0.15, 0.2) is 0 Å². The Labute approximate surface area is 105 Å². The second-order valence-corrected chi connectivity index (χ2v) is 4.51. The zero-order chi connectivity index (χ0) is 12.5. The number of ether oxygens (including phenoxy) is 1. The first-order chi connectivity index (χ1) is 8.25. The van der Waals surface area contributed by atoms with Gasteiger partial charge in [0.1, 0.15) is 6.10 Å². The number of rotatable bonds is 8. The fourth-order valence-corrected chi connectivity index (χ4v) is 1.88. The Hall–Kier alpha value is -0.860. The number of hydrogen-bond donors (Lipinski definition) is 1. The third-order valence-corrected chi connectivity index (χ3v) is 2.97. The van der Waals surface area contributed by atoms with Crippen molar-refractivity contribution in [1.82, 2.24) is 0 Å². The summed E-state index contributed by atoms with van der Waals surface area (Å²) in [6.45, 7) is 5.36. The molecule has 0 aromatic heterocycles. The van der Waals surface area contributed by atoms with Crippen molar-refractivity contribution in [3.63, 3.8) is 0 Å². The molecule has 0 spiro atoms. The molecule has 2 nitrogen and oxygen atoms in total. The molecule has 0 aliphatic heterocycles. The van der Waals surface area contributed by atoms with Gasteiger partial charge in [-0.3, -0.25) is 0 Å². The van der Waals surface area contributed by atoms with Crippen molar-refractivity contribution in [3.8, 4) is 0 Å². The van der Waals surface area contributed by atoms with Gasteiger partial charge in [-0.2, -0.15) is 0 Å². The Morgan fingerprint density at radius 1 is 1.18 bits per heavy atom. The van der Waals surface area contributed by atoms with E-state index in [1.165, 1.54) is 19.3 Å². The van der Waals surface area contributed by atoms with Crippen LogP contribution in [0.25, 0.3) is 0 Å². The standard InChI is InChI=1S/C15H24O2/c1-3-4-5-8-11-17-12-15(16)14-10-7-6-9-13(14)2/h6-7,9-10,15-16H,3-5,8,11-12H2,1-2H3. The lowest BCUT2D eigenvalue weighted by Gasteiger charge is -2.13. The van der Waals surface area contributed by atoms with E-state index in [1.54, 1.807) is 0 Å². The summed E-state index contributed by atoms with van der Waals surface area (Å²) in [7, 11) is 0. The lowest BCUT2D eigenvalue weighted by Crippen LogP contribution is -2.09. The summed E-state index contributed by atoms with van der Waals surface area (Å²) in [5.74, 6) is 0. The molecule has 1 aromatic rings. The summed E-state index contributed by atoms with van der Waals surface area (Å²) >= 11 is 0. The summed E-state index contributed by atoms with van der Waals surface area (Å²) in [5, 5.41) is 9.98. The fourth-order valence-electron chi connectivity index (χ4n) is 1.88. The molecule has 96 valence electrons. The maximum absolute atomic E-state index is 9.98. The van der Waals surface area contributed by atoms with Gasteiger partial charge >= 0.3 is 0 Å². The van der Waals surface area contributed by atoms with Crippen molar-refractivity contribution in [2.75, 3.05) is 13.2 Å². The van der Waals surface area contributed by atoms with Crippen molar-refractivity contribution >= 4 is 0 Å². The average molecular weight is 236 g/mol. The number of benzene rings is 1. The first kappa shape index (κ1) is 14.2. The Bertz CT molecular complexity index is 310. The van der Waals surface area contributed by atoms with Crippen LogP contribution in [0.1, 0.15) is 49.8 Å². The van der Waals surface area contributed by atoms with E-state index in [9.17, 15) is 5.11 Å². The Morgan fingerprint density at radius 2 is 1.94 bits per heavy atom. The molecule has 0 amide bonds. The minimum Gasteiger partial charge on any atom is -0.386 e. The molecule has 0 saturated carbocycles. The first-order valence-corrected chi connectivity index (χ1v) is 6.57. The van der Waals surface area contributed by atoms with Crippen LogP contribution in [0.3, 0.4) is 0 Å². The van der Waals surface area contributed by atoms with Gasteiger partial charge in [0.25, 0.3) is 0 Å². The van der Waals surface area contributed by atoms with E-state index in [0.29, 0.717) is 6.61 Å². The van der Waals surface area contributed by atoms with E-state index >= 15 is 0 Å². The van der Waals surface area contributed by atoms with Crippen LogP contribution in [0.15, 0.2) is 24.3 Å². The van der Waals surface area contributed by atoms with Crippen molar-refractivity contribution in [1.29, 1.82) is 0 Å². The zero-order valence-corrected chi connectivity index (χ0v) is 11.0. The number of hydrogen-bond acceptors (Lipinski definition) is 2. The van der Waals surface area contributed by atoms with Crippen molar-refractivity contribution in [2.24, 2.45) is 0 Å². The minimum atomic E-state index is -0.498. The average Bonchev–Trinajstić information content (AvgIpc) is 2.34. The third-order valence-electron chi connectivity index (χ3n) is 2.97. The Balaban J connectivity index is 2.21. The van der Waals surface area contributed by atoms with Crippen LogP contribution in [0.4, 0.5) is 0 Å². The van der Waals surface area contributed by atoms with Gasteiger partial charge < -0.3 is 9.84 Å². The molecule has 0 heterocycles. The van der Waals surface area contributed by atoms with Crippen molar-refractivity contribution in [2.45, 2.75) is 45.6 Å². The zero-order valence-electron chi connectivity index (χ0n) is 11.0. The molecule has 17 heavy (non-hydrogen) atoms. The molecule has 0 fully saturated rings. The van der Waals surface area contributed by atoms with Crippen LogP contribution in [-0.4, -0.2) is 18.3 Å². The molecule has 0 aliphatic rings. The molecule has 1 N–H and O–H groups in total. The van der Waals surface area contributed by atoms with Gasteiger partial charge in [-0.05, 0) is 24.5 Å². The van der Waals surface area contributed by atoms with Gasteiger partial charge in [-0.25, -0.2) is 0 Å². The van der Waals surface area contributed by atoms with Crippen LogP contribution < -0.4 is 0 Å². The fraction of sp³-hybridized carbons (Fsp3) is 0.600. The van der Waals surface area contributed by atoms with E-state index < -0.39 is 6.10 Å². The number of unbranched alkanes of at least 4 members (excludes halogenated alkanes) is 3. The van der Waals surface area contributed by atoms with Crippen LogP contribution >= 0.6 is 0 Å². The molecule has 2 heteroatoms. The molecule has 1 aromatic carbocycles. The van der Waals surface area contributed by atoms with Gasteiger partial charge in [-0.1, -0.05) is 50.5 Å². The number of aryl methyl sites for hydroxylation is 1. The van der Waals surface area contributed by atoms with E-state index in [1.807, 2.05) is 31.2 Å². The molecular weight excluding hydrogens is 212 g/mol. The lowest BCUT2D eigenvalue weighted by molar-refractivity contribution is 0.0341. The molecule has 1 rings (SSSR count). The van der Waals surface area contributed by atoms with E-state index in [4.69, 9.17) is 4.74 Å². The molecule has 1 atom stereocenters. The van der Waals surface area contributed by atoms with Crippen LogP contribution in [0.5, 0.6) is 0 Å². The maximum Gasteiger partial charge on any atom is 0.103 e. The predicted molar refractivity (Wildman–Crippen MR) is 71.1 cm³/mol. The van der Waals surface area contributed by atoms with Gasteiger partial charge in [0.05, 0.1) is 6.61 Å². The third kappa shape index (κ3) is 5.33. The number of aliphatic hydroxyl groups excluding tert-OH is 1. The summed E-state index contributed by atoms with van der Waals surface area (Å²) in [6, 6.07) is 7.91. The highest BCUT2D eigenvalue weighted by Crippen LogP contribution is 2.17. The number of aliphatic hydroxyl groups is 1. The second kappa shape index (κ2) is 8.26. The Morgan fingerprint density at radius 3 is 2.65 bits per heavy atom. The minimum absolute atomic E-state index is 0.400. The van der Waals surface area contributed by atoms with Gasteiger partial charge in [0.2, 0.25) is 0 Å². The van der Waals surface area contributed by atoms with Crippen LogP contribution in [0.2, 0.25) is 0 Å². The Kier molecular flexibility index (Phi) is 6.90. The predicted octanol–water partition coefficient (Wildman–Crippen LogP) is 3.63. The van der Waals surface area contributed by atoms with E-state index in [0.717, 1.165) is 24.2 Å². The van der Waals surface area contributed by atoms with Crippen molar-refractivity contribution in [3.05, 3.63) is 35.4 Å². The molecule has 0 aliphatic carbocycles. The molecule has 1 unspecified atom stereocenters. The highest BCUT2D eigenvalue weighted by molar-refractivity contribution is 5.27. The van der Waals surface area contributed by atoms with Crippen LogP contribution in [-0.2, 0) is 4.74 Å². The summed E-state index contributed by atoms with van der Waals surface area (Å²) in [5.41, 5.74) is 2.09. The first-order valence-electron chi connectivity index (χ1n) is 6.57. The van der Waals surface area contributed by atoms with Crippen molar-refractivity contribution < 1.29 is 9.84 Å². The van der Waals surface area contributed by atoms with Gasteiger partial charge in [0, 0.05) is 6.61 Å². The van der Waals surface area contributed by atoms with Crippen LogP contribution in [0, 0.1) is 6.92 Å². The SMILES string of the molecule is CCCCCCOCC(O)c1ccccc1C.